The summed E-state index contributed by atoms with van der Waals surface area (Å²) in [7, 11) is 0. The molecule has 0 aliphatic heterocycles. The minimum Gasteiger partial charge on any atom is -0.460 e. The van der Waals surface area contributed by atoms with E-state index in [-0.39, 0.29) is 86.2 Å². The van der Waals surface area contributed by atoms with Crippen molar-refractivity contribution < 1.29 is 67.4 Å². The Kier molecular flexibility index (Phi) is 13.9. The molecule has 0 aliphatic carbocycles. The lowest BCUT2D eigenvalue weighted by molar-refractivity contribution is 0.0262. The second kappa shape index (κ2) is 18.3. The Labute approximate surface area is 262 Å². The van der Waals surface area contributed by atoms with Gasteiger partial charge in [0, 0.05) is 0 Å². The zero-order valence-electron chi connectivity index (χ0n) is 24.4. The summed E-state index contributed by atoms with van der Waals surface area (Å²) in [6, 6.07) is 16.6. The number of carbonyl (C=O) groups excluding carboxylic acids is 6. The maximum atomic E-state index is 12.3. The largest absolute Gasteiger partial charge is 0.460 e. The lowest BCUT2D eigenvalue weighted by Crippen LogP contribution is -2.16. The molecule has 0 fully saturated rings. The summed E-state index contributed by atoms with van der Waals surface area (Å²) in [5.74, 6) is -4.39. The van der Waals surface area contributed by atoms with E-state index in [4.69, 9.17) is 38.6 Å². The van der Waals surface area contributed by atoms with Crippen LogP contribution >= 0.6 is 0 Å². The van der Waals surface area contributed by atoms with Crippen LogP contribution in [0, 0.1) is 0 Å². The second-order valence-electron chi connectivity index (χ2n) is 9.00. The molecule has 14 nitrogen and oxygen atoms in total. The number of rotatable bonds is 16. The standard InChI is InChI=1S/C32H30O14/c33-11-13-41-29(37)23-3-1-5-25(19-23)31(39)45-17-15-43-27(35)21-7-9-22(10-8-21)28(36)44-16-18-46-32(40)26-6-2-4-24(20-26)30(38)42-14-12-34/h1-10,19-20,33-34H,11-18H2. The number of aliphatic hydroxyl groups is 2. The van der Waals surface area contributed by atoms with Crippen LogP contribution in [0.15, 0.2) is 72.8 Å². The molecular weight excluding hydrogens is 608 g/mol. The van der Waals surface area contributed by atoms with Crippen LogP contribution in [0.4, 0.5) is 0 Å². The number of aliphatic hydroxyl groups excluding tert-OH is 2. The van der Waals surface area contributed by atoms with Crippen molar-refractivity contribution in [3.05, 3.63) is 106 Å². The summed E-state index contributed by atoms with van der Waals surface area (Å²) in [5.41, 5.74) is 0.597. The van der Waals surface area contributed by atoms with Gasteiger partial charge in [0.25, 0.3) is 0 Å². The number of hydrogen-bond donors (Lipinski definition) is 2. The number of carbonyl (C=O) groups is 6. The number of esters is 6. The van der Waals surface area contributed by atoms with Crippen LogP contribution in [0.5, 0.6) is 0 Å². The Balaban J connectivity index is 1.37. The summed E-state index contributed by atoms with van der Waals surface area (Å²) in [4.78, 5) is 72.9. The third-order valence-electron chi connectivity index (χ3n) is 5.77. The molecule has 0 amide bonds. The van der Waals surface area contributed by atoms with Gasteiger partial charge in [0.15, 0.2) is 0 Å². The molecule has 46 heavy (non-hydrogen) atoms. The molecule has 14 heteroatoms. The van der Waals surface area contributed by atoms with E-state index in [1.807, 2.05) is 0 Å². The van der Waals surface area contributed by atoms with E-state index in [1.165, 1.54) is 72.8 Å². The average molecular weight is 639 g/mol. The Morgan fingerprint density at radius 1 is 0.370 bits per heavy atom. The van der Waals surface area contributed by atoms with Gasteiger partial charge in [0.1, 0.15) is 39.6 Å². The first-order valence-electron chi connectivity index (χ1n) is 13.8. The first-order chi connectivity index (χ1) is 22.2. The maximum absolute atomic E-state index is 12.3. The highest BCUT2D eigenvalue weighted by molar-refractivity contribution is 5.96. The van der Waals surface area contributed by atoms with Crippen LogP contribution in [-0.4, -0.2) is 98.9 Å². The summed E-state index contributed by atoms with van der Waals surface area (Å²) in [6.45, 7) is -2.08. The molecule has 0 unspecified atom stereocenters. The van der Waals surface area contributed by atoms with Gasteiger partial charge in [-0.1, -0.05) is 12.1 Å². The summed E-state index contributed by atoms with van der Waals surface area (Å²) < 4.78 is 29.9. The zero-order chi connectivity index (χ0) is 33.3. The number of ether oxygens (including phenoxy) is 6. The highest BCUT2D eigenvalue weighted by Crippen LogP contribution is 2.11. The zero-order valence-corrected chi connectivity index (χ0v) is 24.4. The molecule has 0 atom stereocenters. The van der Waals surface area contributed by atoms with Gasteiger partial charge >= 0.3 is 35.8 Å². The number of benzene rings is 3. The summed E-state index contributed by atoms with van der Waals surface area (Å²) >= 11 is 0. The predicted octanol–water partition coefficient (Wildman–Crippen LogP) is 2.01. The molecule has 3 aromatic rings. The van der Waals surface area contributed by atoms with Crippen molar-refractivity contribution in [2.24, 2.45) is 0 Å². The van der Waals surface area contributed by atoms with Crippen LogP contribution in [0.25, 0.3) is 0 Å². The quantitative estimate of drug-likeness (QED) is 0.131. The first-order valence-corrected chi connectivity index (χ1v) is 13.8. The third-order valence-corrected chi connectivity index (χ3v) is 5.77. The second-order valence-corrected chi connectivity index (χ2v) is 9.00. The average Bonchev–Trinajstić information content (AvgIpc) is 3.09. The molecule has 0 aliphatic rings. The minimum atomic E-state index is -0.753. The van der Waals surface area contributed by atoms with Crippen LogP contribution < -0.4 is 0 Å². The van der Waals surface area contributed by atoms with Crippen molar-refractivity contribution in [3.8, 4) is 0 Å². The van der Waals surface area contributed by atoms with Crippen molar-refractivity contribution in [1.82, 2.24) is 0 Å². The van der Waals surface area contributed by atoms with Crippen molar-refractivity contribution in [2.75, 3.05) is 52.9 Å². The van der Waals surface area contributed by atoms with Crippen molar-refractivity contribution in [1.29, 1.82) is 0 Å². The van der Waals surface area contributed by atoms with E-state index in [0.717, 1.165) is 0 Å². The molecular formula is C32H30O14. The lowest BCUT2D eigenvalue weighted by Gasteiger charge is -2.09. The van der Waals surface area contributed by atoms with Gasteiger partial charge in [0.05, 0.1) is 46.6 Å². The van der Waals surface area contributed by atoms with Gasteiger partial charge in [-0.15, -0.1) is 0 Å². The summed E-state index contributed by atoms with van der Waals surface area (Å²) in [6.07, 6.45) is 0. The molecule has 0 saturated heterocycles. The molecule has 0 saturated carbocycles. The first kappa shape index (κ1) is 34.9. The molecule has 242 valence electrons. The van der Waals surface area contributed by atoms with Gasteiger partial charge in [-0.25, -0.2) is 28.8 Å². The van der Waals surface area contributed by atoms with E-state index in [1.54, 1.807) is 0 Å². The number of hydrogen-bond acceptors (Lipinski definition) is 14. The lowest BCUT2D eigenvalue weighted by atomic mass is 10.1. The molecule has 0 bridgehead atoms. The van der Waals surface area contributed by atoms with Gasteiger partial charge in [0.2, 0.25) is 0 Å². The third kappa shape index (κ3) is 10.8. The smallest absolute Gasteiger partial charge is 0.338 e. The van der Waals surface area contributed by atoms with E-state index in [0.29, 0.717) is 0 Å². The summed E-state index contributed by atoms with van der Waals surface area (Å²) in [5, 5.41) is 17.5. The fraction of sp³-hybridized carbons (Fsp3) is 0.250. The minimum absolute atomic E-state index is 0.0784. The van der Waals surface area contributed by atoms with E-state index in [9.17, 15) is 28.8 Å². The van der Waals surface area contributed by atoms with Gasteiger partial charge in [-0.05, 0) is 60.7 Å². The Hall–Kier alpha value is -5.60. The molecule has 3 aromatic carbocycles. The molecule has 0 aromatic heterocycles. The molecule has 2 N–H and O–H groups in total. The molecule has 3 rings (SSSR count). The van der Waals surface area contributed by atoms with Crippen LogP contribution in [0.2, 0.25) is 0 Å². The van der Waals surface area contributed by atoms with Gasteiger partial charge in [-0.2, -0.15) is 0 Å². The highest BCUT2D eigenvalue weighted by atomic mass is 16.6. The fourth-order valence-corrected chi connectivity index (χ4v) is 3.60. The SMILES string of the molecule is O=C(OCCO)c1cccc(C(=O)OCCOC(=O)c2ccc(C(=O)OCCOC(=O)c3cccc(C(=O)OCCO)c3)cc2)c1. The normalized spacial score (nSPS) is 10.3. The van der Waals surface area contributed by atoms with E-state index in [2.05, 4.69) is 0 Å². The van der Waals surface area contributed by atoms with E-state index < -0.39 is 35.8 Å². The van der Waals surface area contributed by atoms with Crippen molar-refractivity contribution in [2.45, 2.75) is 0 Å². The maximum Gasteiger partial charge on any atom is 0.338 e. The molecule has 0 heterocycles. The highest BCUT2D eigenvalue weighted by Gasteiger charge is 2.16. The monoisotopic (exact) mass is 638 g/mol. The fourth-order valence-electron chi connectivity index (χ4n) is 3.60. The van der Waals surface area contributed by atoms with Gasteiger partial charge < -0.3 is 38.6 Å². The van der Waals surface area contributed by atoms with Crippen LogP contribution in [0.1, 0.15) is 62.1 Å². The van der Waals surface area contributed by atoms with Gasteiger partial charge in [-0.3, -0.25) is 0 Å². The molecule has 0 radical (unpaired) electrons. The Morgan fingerprint density at radius 2 is 0.609 bits per heavy atom. The van der Waals surface area contributed by atoms with E-state index >= 15 is 0 Å². The predicted molar refractivity (Wildman–Crippen MR) is 155 cm³/mol. The Morgan fingerprint density at radius 3 is 0.870 bits per heavy atom. The molecule has 0 spiro atoms. The van der Waals surface area contributed by atoms with Crippen molar-refractivity contribution >= 4 is 35.8 Å². The van der Waals surface area contributed by atoms with Crippen molar-refractivity contribution in [3.63, 3.8) is 0 Å². The van der Waals surface area contributed by atoms with Crippen LogP contribution in [-0.2, 0) is 28.4 Å². The topological polar surface area (TPSA) is 198 Å². The Bertz CT molecular complexity index is 1420. The van der Waals surface area contributed by atoms with Crippen LogP contribution in [0.3, 0.4) is 0 Å².